The normalized spacial score (nSPS) is 11.8. The molecule has 1 aromatic rings. The molecule has 0 aliphatic rings. The van der Waals surface area contributed by atoms with Crippen LogP contribution in [-0.2, 0) is 14.3 Å². The van der Waals surface area contributed by atoms with Crippen LogP contribution in [0, 0.1) is 5.92 Å². The van der Waals surface area contributed by atoms with Crippen molar-refractivity contribution in [3.8, 4) is 5.75 Å². The second-order valence-electron chi connectivity index (χ2n) is 3.83. The van der Waals surface area contributed by atoms with Crippen LogP contribution < -0.4 is 4.74 Å². The van der Waals surface area contributed by atoms with E-state index in [1.807, 2.05) is 0 Å². The predicted octanol–water partition coefficient (Wildman–Crippen LogP) is 4.14. The molecule has 0 bridgehead atoms. The van der Waals surface area contributed by atoms with E-state index in [-0.39, 0.29) is 28.8 Å². The molecule has 7 heteroatoms. The van der Waals surface area contributed by atoms with Crippen LogP contribution in [0.25, 0.3) is 0 Å². The van der Waals surface area contributed by atoms with E-state index in [0.29, 0.717) is 5.02 Å². The zero-order valence-electron chi connectivity index (χ0n) is 10.9. The van der Waals surface area contributed by atoms with Gasteiger partial charge in [-0.15, -0.1) is 0 Å². The van der Waals surface area contributed by atoms with E-state index in [1.54, 1.807) is 13.8 Å². The zero-order valence-corrected chi connectivity index (χ0v) is 13.2. The average Bonchev–Trinajstić information content (AvgIpc) is 2.35. The molecule has 1 rings (SSSR count). The van der Waals surface area contributed by atoms with Gasteiger partial charge >= 0.3 is 11.9 Å². The van der Waals surface area contributed by atoms with E-state index >= 15 is 0 Å². The third-order valence-corrected chi connectivity index (χ3v) is 3.21. The first-order valence-corrected chi connectivity index (χ1v) is 7.06. The molecule has 0 amide bonds. The van der Waals surface area contributed by atoms with Crippen molar-refractivity contribution in [3.05, 3.63) is 27.2 Å². The third kappa shape index (κ3) is 4.27. The predicted molar refractivity (Wildman–Crippen MR) is 77.5 cm³/mol. The van der Waals surface area contributed by atoms with Gasteiger partial charge in [-0.05, 0) is 25.5 Å². The van der Waals surface area contributed by atoms with Gasteiger partial charge in [-0.25, -0.2) is 0 Å². The Hall–Kier alpha value is -0.970. The highest BCUT2D eigenvalue weighted by molar-refractivity contribution is 6.40. The zero-order chi connectivity index (χ0) is 15.3. The summed E-state index contributed by atoms with van der Waals surface area (Å²) in [5.74, 6) is -2.44. The fourth-order valence-corrected chi connectivity index (χ4v) is 2.36. The highest BCUT2D eigenvalue weighted by Gasteiger charge is 2.29. The molecule has 0 saturated carbocycles. The van der Waals surface area contributed by atoms with Crippen LogP contribution in [0.3, 0.4) is 0 Å². The van der Waals surface area contributed by atoms with E-state index in [4.69, 9.17) is 44.3 Å². The van der Waals surface area contributed by atoms with E-state index in [0.717, 1.165) is 0 Å². The maximum absolute atomic E-state index is 12.0. The molecule has 1 unspecified atom stereocenters. The van der Waals surface area contributed by atoms with Crippen molar-refractivity contribution < 1.29 is 19.1 Å². The summed E-state index contributed by atoms with van der Waals surface area (Å²) in [5, 5.41) is 0.501. The summed E-state index contributed by atoms with van der Waals surface area (Å²) in [6, 6.07) is 2.78. The number of rotatable bonds is 5. The molecular weight excluding hydrogens is 326 g/mol. The van der Waals surface area contributed by atoms with Gasteiger partial charge in [0.05, 0.1) is 16.7 Å². The second kappa shape index (κ2) is 7.72. The Morgan fingerprint density at radius 2 is 1.65 bits per heavy atom. The van der Waals surface area contributed by atoms with Crippen molar-refractivity contribution in [2.75, 3.05) is 6.61 Å². The Balaban J connectivity index is 2.92. The topological polar surface area (TPSA) is 52.6 Å². The summed E-state index contributed by atoms with van der Waals surface area (Å²) in [4.78, 5) is 23.6. The van der Waals surface area contributed by atoms with Crippen molar-refractivity contribution >= 4 is 46.7 Å². The minimum atomic E-state index is -1.02. The number of esters is 2. The Morgan fingerprint density at radius 3 is 2.10 bits per heavy atom. The van der Waals surface area contributed by atoms with Crippen molar-refractivity contribution in [3.63, 3.8) is 0 Å². The molecule has 0 aliphatic heterocycles. The van der Waals surface area contributed by atoms with Crippen LogP contribution in [0.5, 0.6) is 5.75 Å². The van der Waals surface area contributed by atoms with Crippen molar-refractivity contribution in [2.24, 2.45) is 5.92 Å². The maximum atomic E-state index is 12.0. The molecule has 1 atom stereocenters. The summed E-state index contributed by atoms with van der Waals surface area (Å²) < 4.78 is 9.90. The van der Waals surface area contributed by atoms with Crippen LogP contribution in [0.1, 0.15) is 20.3 Å². The molecule has 0 radical (unpaired) electrons. The number of hydrogen-bond acceptors (Lipinski definition) is 4. The first-order chi connectivity index (χ1) is 9.40. The molecule has 0 saturated heterocycles. The average molecular weight is 340 g/mol. The molecule has 0 fully saturated rings. The molecule has 0 aliphatic carbocycles. The quantitative estimate of drug-likeness (QED) is 0.459. The monoisotopic (exact) mass is 338 g/mol. The maximum Gasteiger partial charge on any atom is 0.325 e. The molecule has 4 nitrogen and oxygen atoms in total. The number of carbonyl (C=O) groups excluding carboxylic acids is 2. The molecule has 20 heavy (non-hydrogen) atoms. The van der Waals surface area contributed by atoms with Crippen molar-refractivity contribution in [1.29, 1.82) is 0 Å². The van der Waals surface area contributed by atoms with Gasteiger partial charge in [0.15, 0.2) is 11.7 Å². The number of benzene rings is 1. The van der Waals surface area contributed by atoms with Gasteiger partial charge in [0, 0.05) is 5.02 Å². The molecular formula is C13H13Cl3O4. The number of halogens is 3. The fourth-order valence-electron chi connectivity index (χ4n) is 1.47. The van der Waals surface area contributed by atoms with Gasteiger partial charge in [-0.1, -0.05) is 41.7 Å². The van der Waals surface area contributed by atoms with E-state index in [1.165, 1.54) is 12.1 Å². The van der Waals surface area contributed by atoms with Crippen LogP contribution in [0.15, 0.2) is 12.1 Å². The van der Waals surface area contributed by atoms with Gasteiger partial charge in [0.2, 0.25) is 0 Å². The number of carbonyl (C=O) groups is 2. The largest absolute Gasteiger partial charge is 0.465 e. The Morgan fingerprint density at radius 1 is 1.10 bits per heavy atom. The highest BCUT2D eigenvalue weighted by atomic mass is 35.5. The van der Waals surface area contributed by atoms with E-state index < -0.39 is 17.9 Å². The van der Waals surface area contributed by atoms with Crippen molar-refractivity contribution in [2.45, 2.75) is 20.3 Å². The van der Waals surface area contributed by atoms with Gasteiger partial charge in [-0.3, -0.25) is 9.59 Å². The fraction of sp³-hybridized carbons (Fsp3) is 0.385. The Labute approximate surface area is 131 Å². The van der Waals surface area contributed by atoms with E-state index in [9.17, 15) is 9.59 Å². The second-order valence-corrected chi connectivity index (χ2v) is 5.08. The lowest BCUT2D eigenvalue weighted by molar-refractivity contribution is -0.157. The molecule has 1 aromatic carbocycles. The summed E-state index contributed by atoms with van der Waals surface area (Å²) in [7, 11) is 0. The lowest BCUT2D eigenvalue weighted by Crippen LogP contribution is -2.29. The van der Waals surface area contributed by atoms with Crippen molar-refractivity contribution in [1.82, 2.24) is 0 Å². The summed E-state index contributed by atoms with van der Waals surface area (Å²) in [6.45, 7) is 3.52. The molecule has 110 valence electrons. The van der Waals surface area contributed by atoms with Crippen LogP contribution >= 0.6 is 34.8 Å². The lowest BCUT2D eigenvalue weighted by atomic mass is 10.1. The third-order valence-electron chi connectivity index (χ3n) is 2.43. The van der Waals surface area contributed by atoms with E-state index in [2.05, 4.69) is 0 Å². The molecule has 0 N–H and O–H groups in total. The van der Waals surface area contributed by atoms with Crippen LogP contribution in [0.2, 0.25) is 15.1 Å². The van der Waals surface area contributed by atoms with Gasteiger partial charge in [0.25, 0.3) is 0 Å². The van der Waals surface area contributed by atoms with Crippen LogP contribution in [0.4, 0.5) is 0 Å². The van der Waals surface area contributed by atoms with Gasteiger partial charge < -0.3 is 9.47 Å². The van der Waals surface area contributed by atoms with Gasteiger partial charge in [-0.2, -0.15) is 0 Å². The first-order valence-electron chi connectivity index (χ1n) is 5.93. The number of hydrogen-bond donors (Lipinski definition) is 0. The minimum Gasteiger partial charge on any atom is -0.465 e. The Bertz CT molecular complexity index is 493. The summed E-state index contributed by atoms with van der Waals surface area (Å²) in [5.41, 5.74) is 0. The highest BCUT2D eigenvalue weighted by Crippen LogP contribution is 2.36. The summed E-state index contributed by atoms with van der Waals surface area (Å²) >= 11 is 17.6. The molecule has 0 aromatic heterocycles. The lowest BCUT2D eigenvalue weighted by Gasteiger charge is -2.14. The number of ether oxygens (including phenoxy) is 2. The SMILES string of the molecule is CCOC(=O)C(CC)C(=O)Oc1c(Cl)cc(Cl)cc1Cl. The smallest absolute Gasteiger partial charge is 0.325 e. The standard InChI is InChI=1S/C13H13Cl3O4/c1-3-8(12(17)19-4-2)13(18)20-11-9(15)5-7(14)6-10(11)16/h5-6,8H,3-4H2,1-2H3. The molecule has 0 spiro atoms. The van der Waals surface area contributed by atoms with Crippen LogP contribution in [-0.4, -0.2) is 18.5 Å². The minimum absolute atomic E-state index is 0.0227. The van der Waals surface area contributed by atoms with Gasteiger partial charge in [0.1, 0.15) is 0 Å². The Kier molecular flexibility index (Phi) is 6.59. The first kappa shape index (κ1) is 17.1. The summed E-state index contributed by atoms with van der Waals surface area (Å²) in [6.07, 6.45) is 0.250. The molecule has 0 heterocycles.